The van der Waals surface area contributed by atoms with Gasteiger partial charge in [-0.3, -0.25) is 9.69 Å². The maximum absolute atomic E-state index is 13.3. The summed E-state index contributed by atoms with van der Waals surface area (Å²) in [4.78, 5) is 13.3. The Kier molecular flexibility index (Phi) is 5.82. The summed E-state index contributed by atoms with van der Waals surface area (Å²) in [6.45, 7) is 4.71. The van der Waals surface area contributed by atoms with Crippen molar-refractivity contribution in [1.29, 1.82) is 0 Å². The van der Waals surface area contributed by atoms with Crippen molar-refractivity contribution in [3.05, 3.63) is 29.0 Å². The molecule has 21 heavy (non-hydrogen) atoms. The Morgan fingerprint density at radius 1 is 1.48 bits per heavy atom. The molecule has 0 unspecified atom stereocenters. The van der Waals surface area contributed by atoms with Gasteiger partial charge in [-0.15, -0.1) is 0 Å². The van der Waals surface area contributed by atoms with Crippen LogP contribution in [0.25, 0.3) is 0 Å². The molecule has 4 nitrogen and oxygen atoms in total. The van der Waals surface area contributed by atoms with Crippen molar-refractivity contribution in [1.82, 2.24) is 10.2 Å². The predicted octanol–water partition coefficient (Wildman–Crippen LogP) is 2.46. The Labute approximate surface area is 129 Å². The van der Waals surface area contributed by atoms with Crippen molar-refractivity contribution in [3.8, 4) is 5.75 Å². The highest BCUT2D eigenvalue weighted by molar-refractivity contribution is 6.30. The van der Waals surface area contributed by atoms with Crippen LogP contribution in [0.1, 0.15) is 19.8 Å². The second-order valence-corrected chi connectivity index (χ2v) is 5.65. The van der Waals surface area contributed by atoms with Crippen LogP contribution in [0.4, 0.5) is 4.39 Å². The van der Waals surface area contributed by atoms with Gasteiger partial charge in [-0.1, -0.05) is 11.6 Å². The zero-order valence-corrected chi connectivity index (χ0v) is 12.8. The summed E-state index contributed by atoms with van der Waals surface area (Å²) in [7, 11) is 0. The van der Waals surface area contributed by atoms with E-state index in [0.29, 0.717) is 12.4 Å². The van der Waals surface area contributed by atoms with Gasteiger partial charge in [-0.25, -0.2) is 4.39 Å². The number of carbonyl (C=O) groups excluding carboxylic acids is 1. The number of piperidine rings is 1. The third-order valence-electron chi connectivity index (χ3n) is 3.56. The minimum absolute atomic E-state index is 0.0292. The maximum atomic E-state index is 13.3. The van der Waals surface area contributed by atoms with Gasteiger partial charge >= 0.3 is 0 Å². The molecule has 0 bridgehead atoms. The molecule has 6 heteroatoms. The number of nitrogens with one attached hydrogen (secondary N) is 1. The van der Waals surface area contributed by atoms with E-state index in [1.54, 1.807) is 13.0 Å². The van der Waals surface area contributed by atoms with Crippen molar-refractivity contribution in [2.24, 2.45) is 0 Å². The number of hydrogen-bond acceptors (Lipinski definition) is 3. The molecule has 0 aliphatic carbocycles. The van der Waals surface area contributed by atoms with Gasteiger partial charge in [0.1, 0.15) is 18.2 Å². The number of carbonyl (C=O) groups is 1. The van der Waals surface area contributed by atoms with Crippen LogP contribution in [-0.4, -0.2) is 43.1 Å². The van der Waals surface area contributed by atoms with Crippen LogP contribution in [0, 0.1) is 5.82 Å². The molecule has 1 heterocycles. The minimum Gasteiger partial charge on any atom is -0.492 e. The van der Waals surface area contributed by atoms with Crippen LogP contribution >= 0.6 is 11.6 Å². The lowest BCUT2D eigenvalue weighted by Gasteiger charge is -2.31. The van der Waals surface area contributed by atoms with Gasteiger partial charge in [0.2, 0.25) is 5.91 Å². The lowest BCUT2D eigenvalue weighted by atomic mass is 10.1. The zero-order chi connectivity index (χ0) is 15.2. The van der Waals surface area contributed by atoms with Crippen LogP contribution < -0.4 is 10.1 Å². The number of likely N-dealkylation sites (tertiary alicyclic amines) is 1. The van der Waals surface area contributed by atoms with E-state index in [1.165, 1.54) is 12.1 Å². The molecule has 116 valence electrons. The molecule has 1 saturated heterocycles. The Morgan fingerprint density at radius 2 is 2.19 bits per heavy atom. The summed E-state index contributed by atoms with van der Waals surface area (Å²) >= 11 is 5.62. The van der Waals surface area contributed by atoms with Gasteiger partial charge < -0.3 is 10.1 Å². The van der Waals surface area contributed by atoms with E-state index in [1.807, 2.05) is 0 Å². The quantitative estimate of drug-likeness (QED) is 0.907. The molecule has 1 fully saturated rings. The van der Waals surface area contributed by atoms with Crippen molar-refractivity contribution in [3.63, 3.8) is 0 Å². The first-order valence-corrected chi connectivity index (χ1v) is 7.49. The second kappa shape index (κ2) is 7.61. The van der Waals surface area contributed by atoms with E-state index in [9.17, 15) is 9.18 Å². The Bertz CT molecular complexity index is 491. The molecule has 0 spiro atoms. The normalized spacial score (nSPS) is 16.7. The predicted molar refractivity (Wildman–Crippen MR) is 80.2 cm³/mol. The molecule has 1 aliphatic heterocycles. The molecular weight excluding hydrogens is 295 g/mol. The third kappa shape index (κ3) is 5.17. The van der Waals surface area contributed by atoms with E-state index in [2.05, 4.69) is 10.2 Å². The van der Waals surface area contributed by atoms with Gasteiger partial charge in [-0.2, -0.15) is 0 Å². The van der Waals surface area contributed by atoms with E-state index < -0.39 is 5.82 Å². The second-order valence-electron chi connectivity index (χ2n) is 5.24. The highest BCUT2D eigenvalue weighted by Gasteiger charge is 2.19. The number of hydrogen-bond donors (Lipinski definition) is 1. The summed E-state index contributed by atoms with van der Waals surface area (Å²) in [5.74, 6) is 0.0527. The average Bonchev–Trinajstić information content (AvgIpc) is 2.44. The van der Waals surface area contributed by atoms with Gasteiger partial charge in [0.15, 0.2) is 0 Å². The van der Waals surface area contributed by atoms with Crippen LogP contribution in [-0.2, 0) is 4.79 Å². The standard InChI is InChI=1S/C15H20ClFN2O2/c1-11(20)18-12-4-6-19(7-5-12)8-9-21-13-2-3-14(16)15(17)10-13/h2-3,10,12H,4-9H2,1H3,(H,18,20). The number of benzene rings is 1. The zero-order valence-electron chi connectivity index (χ0n) is 12.1. The monoisotopic (exact) mass is 314 g/mol. The molecule has 1 aromatic rings. The van der Waals surface area contributed by atoms with Gasteiger partial charge in [0.05, 0.1) is 5.02 Å². The molecule has 1 amide bonds. The van der Waals surface area contributed by atoms with E-state index >= 15 is 0 Å². The topological polar surface area (TPSA) is 41.6 Å². The minimum atomic E-state index is -0.467. The summed E-state index contributed by atoms with van der Waals surface area (Å²) < 4.78 is 18.8. The van der Waals surface area contributed by atoms with Crippen LogP contribution in [0.3, 0.4) is 0 Å². The Balaban J connectivity index is 1.68. The van der Waals surface area contributed by atoms with Crippen LogP contribution in [0.2, 0.25) is 5.02 Å². The van der Waals surface area contributed by atoms with Crippen molar-refractivity contribution in [2.45, 2.75) is 25.8 Å². The van der Waals surface area contributed by atoms with Gasteiger partial charge in [-0.05, 0) is 25.0 Å². The molecule has 0 saturated carbocycles. The number of halogens is 2. The fourth-order valence-corrected chi connectivity index (χ4v) is 2.57. The molecule has 0 aromatic heterocycles. The Morgan fingerprint density at radius 3 is 2.81 bits per heavy atom. The molecule has 1 N–H and O–H groups in total. The van der Waals surface area contributed by atoms with Crippen LogP contribution in [0.15, 0.2) is 18.2 Å². The SMILES string of the molecule is CC(=O)NC1CCN(CCOc2ccc(Cl)c(F)c2)CC1. The van der Waals surface area contributed by atoms with Gasteiger partial charge in [0.25, 0.3) is 0 Å². The van der Waals surface area contributed by atoms with Crippen molar-refractivity contribution < 1.29 is 13.9 Å². The summed E-state index contributed by atoms with van der Waals surface area (Å²) in [6, 6.07) is 4.73. The number of amides is 1. The fourth-order valence-electron chi connectivity index (χ4n) is 2.45. The first-order chi connectivity index (χ1) is 10.0. The lowest BCUT2D eigenvalue weighted by molar-refractivity contribution is -0.119. The van der Waals surface area contributed by atoms with Crippen molar-refractivity contribution in [2.75, 3.05) is 26.2 Å². The summed E-state index contributed by atoms with van der Waals surface area (Å²) in [6.07, 6.45) is 1.91. The number of ether oxygens (including phenoxy) is 1. The molecule has 1 aliphatic rings. The van der Waals surface area contributed by atoms with E-state index in [4.69, 9.17) is 16.3 Å². The van der Waals surface area contributed by atoms with Crippen molar-refractivity contribution >= 4 is 17.5 Å². The molecule has 0 radical (unpaired) electrons. The molecular formula is C15H20ClFN2O2. The average molecular weight is 315 g/mol. The fraction of sp³-hybridized carbons (Fsp3) is 0.533. The van der Waals surface area contributed by atoms with Crippen LogP contribution in [0.5, 0.6) is 5.75 Å². The largest absolute Gasteiger partial charge is 0.492 e. The molecule has 0 atom stereocenters. The number of rotatable bonds is 5. The van der Waals surface area contributed by atoms with E-state index in [-0.39, 0.29) is 17.0 Å². The first kappa shape index (κ1) is 16.0. The van der Waals surface area contributed by atoms with E-state index in [0.717, 1.165) is 32.5 Å². The lowest BCUT2D eigenvalue weighted by Crippen LogP contribution is -2.45. The highest BCUT2D eigenvalue weighted by atomic mass is 35.5. The smallest absolute Gasteiger partial charge is 0.217 e. The first-order valence-electron chi connectivity index (χ1n) is 7.12. The maximum Gasteiger partial charge on any atom is 0.217 e. The third-order valence-corrected chi connectivity index (χ3v) is 3.87. The summed E-state index contributed by atoms with van der Waals surface area (Å²) in [5, 5.41) is 3.04. The Hall–Kier alpha value is -1.33. The highest BCUT2D eigenvalue weighted by Crippen LogP contribution is 2.20. The van der Waals surface area contributed by atoms with Gasteiger partial charge in [0, 0.05) is 38.7 Å². The summed E-state index contributed by atoms with van der Waals surface area (Å²) in [5.41, 5.74) is 0. The molecule has 1 aromatic carbocycles. The molecule has 2 rings (SSSR count). The number of nitrogens with zero attached hydrogens (tertiary/aromatic N) is 1.